The van der Waals surface area contributed by atoms with Crippen LogP contribution < -0.4 is 5.32 Å². The Morgan fingerprint density at radius 2 is 0.737 bits per heavy atom. The van der Waals surface area contributed by atoms with Gasteiger partial charge in [0.05, 0.1) is 39.9 Å². The number of nitrogens with zero attached hydrogens (tertiary/aromatic N) is 1. The molecule has 4 unspecified atom stereocenters. The van der Waals surface area contributed by atoms with Crippen molar-refractivity contribution in [1.29, 1.82) is 0 Å². The number of nitrogens with one attached hydrogen (secondary N) is 1. The zero-order chi connectivity index (χ0) is 55.7. The summed E-state index contributed by atoms with van der Waals surface area (Å²) in [5, 5.41) is 24.8. The Morgan fingerprint density at radius 1 is 0.447 bits per heavy atom. The summed E-state index contributed by atoms with van der Waals surface area (Å²) in [7, 11) is 1.43. The molecule has 0 spiro atoms. The molecule has 0 saturated heterocycles. The first-order chi connectivity index (χ1) is 36.9. The number of rotatable bonds is 63. The number of carbonyl (C=O) groups excluding carboxylic acids is 1. The number of aliphatic hydroxyl groups excluding tert-OH is 2. The number of likely N-dealkylation sites (N-methyl/N-ethyl adjacent to an activating group) is 1. The van der Waals surface area contributed by atoms with E-state index in [9.17, 15) is 24.5 Å². The lowest BCUT2D eigenvalue weighted by Crippen LogP contribution is -2.51. The lowest BCUT2D eigenvalue weighted by molar-refractivity contribution is -0.870. The van der Waals surface area contributed by atoms with E-state index >= 15 is 0 Å². The molecule has 0 saturated carbocycles. The Kier molecular flexibility index (Phi) is 56.8. The monoisotopic (exact) mass is 1100 g/mol. The zero-order valence-electron chi connectivity index (χ0n) is 51.6. The third-order valence-electron chi connectivity index (χ3n) is 15.9. The largest absolute Gasteiger partial charge is 0.472 e. The summed E-state index contributed by atoms with van der Waals surface area (Å²) in [6, 6.07) is -1.05. The summed E-state index contributed by atoms with van der Waals surface area (Å²) in [4.78, 5) is 23.3. The van der Waals surface area contributed by atoms with Crippen molar-refractivity contribution in [2.45, 2.75) is 366 Å². The van der Waals surface area contributed by atoms with Gasteiger partial charge >= 0.3 is 7.82 Å². The van der Waals surface area contributed by atoms with Gasteiger partial charge in [0, 0.05) is 6.42 Å². The minimum absolute atomic E-state index is 0.0196. The second-order valence-corrected chi connectivity index (χ2v) is 26.1. The van der Waals surface area contributed by atoms with Crippen LogP contribution in [-0.2, 0) is 18.4 Å². The van der Waals surface area contributed by atoms with Crippen molar-refractivity contribution >= 4 is 13.7 Å². The Bertz CT molecular complexity index is 1260. The Hall–Kier alpha value is -0.800. The SMILES string of the molecule is CCCCCCCCC/C=C/CCCC(O)C(O)C(COP(=O)(O)OCC[N+](C)(C)C)NC(=O)CCCCCCCCCCCCCCCCCCCCCCCCCCCCCCCCCCCCCCCCCC. The fourth-order valence-electron chi connectivity index (χ4n) is 10.6. The van der Waals surface area contributed by atoms with Crippen molar-refractivity contribution in [2.24, 2.45) is 0 Å². The number of phosphoric ester groups is 1. The number of aliphatic hydroxyl groups is 2. The van der Waals surface area contributed by atoms with Crippen LogP contribution in [0.5, 0.6) is 0 Å². The van der Waals surface area contributed by atoms with Crippen molar-refractivity contribution in [3.63, 3.8) is 0 Å². The van der Waals surface area contributed by atoms with Gasteiger partial charge in [-0.25, -0.2) is 4.57 Å². The van der Waals surface area contributed by atoms with Gasteiger partial charge < -0.3 is 24.9 Å². The Morgan fingerprint density at radius 3 is 1.05 bits per heavy atom. The van der Waals surface area contributed by atoms with Gasteiger partial charge in [-0.2, -0.15) is 0 Å². The number of amides is 1. The standard InChI is InChI=1S/C66H133N2O7P/c1-6-8-10-12-14-16-18-20-21-22-23-24-25-26-27-28-29-30-31-32-33-34-35-36-37-38-39-40-41-42-43-44-45-46-47-49-51-53-55-57-59-65(70)67-63(62-75-76(72,73)74-61-60-68(3,4)5)66(71)64(69)58-56-54-52-50-48-19-17-15-13-11-9-7-2/h50,52,63-64,66,69,71H,6-49,51,53-62H2,1-5H3,(H-,67,70,72,73)/p+1/b52-50+. The van der Waals surface area contributed by atoms with E-state index in [1.165, 1.54) is 283 Å². The van der Waals surface area contributed by atoms with Crippen LogP contribution in [0.4, 0.5) is 0 Å². The third-order valence-corrected chi connectivity index (χ3v) is 16.8. The van der Waals surface area contributed by atoms with Crippen LogP contribution in [0.15, 0.2) is 12.2 Å². The smallest absolute Gasteiger partial charge is 0.390 e. The minimum Gasteiger partial charge on any atom is -0.390 e. The van der Waals surface area contributed by atoms with E-state index in [2.05, 4.69) is 31.3 Å². The molecule has 4 N–H and O–H groups in total. The zero-order valence-corrected chi connectivity index (χ0v) is 52.5. The van der Waals surface area contributed by atoms with Crippen LogP contribution >= 0.6 is 7.82 Å². The molecule has 4 atom stereocenters. The normalized spacial score (nSPS) is 14.2. The molecular weight excluding hydrogens is 964 g/mol. The summed E-state index contributed by atoms with van der Waals surface area (Å²) in [6.45, 7) is 4.62. The maximum absolute atomic E-state index is 13.0. The van der Waals surface area contributed by atoms with Crippen LogP contribution in [0.2, 0.25) is 0 Å². The molecule has 0 bridgehead atoms. The molecule has 0 heterocycles. The van der Waals surface area contributed by atoms with Crippen molar-refractivity contribution < 1.29 is 38.0 Å². The molecule has 0 radical (unpaired) electrons. The van der Waals surface area contributed by atoms with Crippen LogP contribution in [-0.4, -0.2) is 84.6 Å². The van der Waals surface area contributed by atoms with Crippen LogP contribution in [0.25, 0.3) is 0 Å². The van der Waals surface area contributed by atoms with Crippen molar-refractivity contribution in [3.8, 4) is 0 Å². The first kappa shape index (κ1) is 75.2. The fourth-order valence-corrected chi connectivity index (χ4v) is 11.3. The maximum atomic E-state index is 13.0. The summed E-state index contributed by atoms with van der Waals surface area (Å²) in [5.41, 5.74) is 0. The highest BCUT2D eigenvalue weighted by Crippen LogP contribution is 2.43. The van der Waals surface area contributed by atoms with Gasteiger partial charge in [-0.1, -0.05) is 315 Å². The van der Waals surface area contributed by atoms with Crippen molar-refractivity contribution in [3.05, 3.63) is 12.2 Å². The lowest BCUT2D eigenvalue weighted by atomic mass is 10.0. The third kappa shape index (κ3) is 57.9. The quantitative estimate of drug-likeness (QED) is 0.0207. The molecule has 0 aromatic carbocycles. The average molecular weight is 1100 g/mol. The van der Waals surface area contributed by atoms with Gasteiger partial charge in [0.25, 0.3) is 0 Å². The van der Waals surface area contributed by atoms with Gasteiger partial charge in [-0.15, -0.1) is 0 Å². The highest BCUT2D eigenvalue weighted by Gasteiger charge is 2.32. The molecule has 0 aliphatic heterocycles. The highest BCUT2D eigenvalue weighted by atomic mass is 31.2. The second-order valence-electron chi connectivity index (χ2n) is 24.7. The number of hydrogen-bond donors (Lipinski definition) is 4. The first-order valence-electron chi connectivity index (χ1n) is 33.6. The molecular formula is C66H134N2O7P+. The van der Waals surface area contributed by atoms with Gasteiger partial charge in [-0.05, 0) is 38.5 Å². The molecule has 0 rings (SSSR count). The number of quaternary nitrogens is 1. The predicted octanol–water partition coefficient (Wildman–Crippen LogP) is 19.9. The van der Waals surface area contributed by atoms with Crippen molar-refractivity contribution in [1.82, 2.24) is 5.32 Å². The van der Waals surface area contributed by atoms with E-state index in [0.29, 0.717) is 30.3 Å². The van der Waals surface area contributed by atoms with E-state index in [1.54, 1.807) is 0 Å². The molecule has 1 amide bonds. The molecule has 454 valence electrons. The van der Waals surface area contributed by atoms with Gasteiger partial charge in [0.2, 0.25) is 5.91 Å². The number of unbranched alkanes of at least 4 members (excludes halogenated alkanes) is 47. The second kappa shape index (κ2) is 57.4. The maximum Gasteiger partial charge on any atom is 0.472 e. The molecule has 0 aliphatic rings. The Labute approximate surface area is 474 Å². The van der Waals surface area contributed by atoms with E-state index in [-0.39, 0.29) is 12.5 Å². The summed E-state index contributed by atoms with van der Waals surface area (Å²) < 4.78 is 23.6. The molecule has 0 aliphatic carbocycles. The topological polar surface area (TPSA) is 125 Å². The van der Waals surface area contributed by atoms with Crippen LogP contribution in [0.3, 0.4) is 0 Å². The van der Waals surface area contributed by atoms with Crippen LogP contribution in [0, 0.1) is 0 Å². The molecule has 0 aromatic rings. The average Bonchev–Trinajstić information content (AvgIpc) is 3.38. The van der Waals surface area contributed by atoms with E-state index in [4.69, 9.17) is 9.05 Å². The Balaban J connectivity index is 3.86. The fraction of sp³-hybridized carbons (Fsp3) is 0.955. The number of phosphoric acid groups is 1. The number of allylic oxidation sites excluding steroid dienone is 2. The van der Waals surface area contributed by atoms with Gasteiger partial charge in [-0.3, -0.25) is 13.8 Å². The summed E-state index contributed by atoms with van der Waals surface area (Å²) in [5.74, 6) is -0.261. The predicted molar refractivity (Wildman–Crippen MR) is 329 cm³/mol. The summed E-state index contributed by atoms with van der Waals surface area (Å²) >= 11 is 0. The molecule has 76 heavy (non-hydrogen) atoms. The van der Waals surface area contributed by atoms with E-state index < -0.39 is 32.7 Å². The summed E-state index contributed by atoms with van der Waals surface area (Å²) in [6.07, 6.45) is 69.4. The number of hydrogen-bond acceptors (Lipinski definition) is 6. The number of carbonyl (C=O) groups is 1. The van der Waals surface area contributed by atoms with Crippen molar-refractivity contribution in [2.75, 3.05) is 40.9 Å². The minimum atomic E-state index is -4.43. The molecule has 0 fully saturated rings. The first-order valence-corrected chi connectivity index (χ1v) is 35.1. The van der Waals surface area contributed by atoms with Gasteiger partial charge in [0.15, 0.2) is 0 Å². The highest BCUT2D eigenvalue weighted by molar-refractivity contribution is 7.47. The molecule has 10 heteroatoms. The molecule has 0 aromatic heterocycles. The van der Waals surface area contributed by atoms with Gasteiger partial charge in [0.1, 0.15) is 19.3 Å². The lowest BCUT2D eigenvalue weighted by Gasteiger charge is -2.28. The van der Waals surface area contributed by atoms with Crippen LogP contribution in [0.1, 0.15) is 348 Å². The van der Waals surface area contributed by atoms with E-state index in [1.807, 2.05) is 21.1 Å². The molecule has 9 nitrogen and oxygen atoms in total. The van der Waals surface area contributed by atoms with E-state index in [0.717, 1.165) is 32.1 Å².